The van der Waals surface area contributed by atoms with E-state index in [1.54, 1.807) is 0 Å². The number of unbranched alkanes of at least 4 members (excludes halogenated alkanes) is 1. The van der Waals surface area contributed by atoms with Gasteiger partial charge in [-0.15, -0.1) is 0 Å². The van der Waals surface area contributed by atoms with Gasteiger partial charge in [-0.05, 0) is 93.4 Å². The molecule has 0 bridgehead atoms. The molecule has 2 aliphatic rings. The number of benzene rings is 1. The van der Waals surface area contributed by atoms with Crippen LogP contribution in [0.3, 0.4) is 0 Å². The molecular formula is C38H51BN2O. The Hall–Kier alpha value is -3.40. The summed E-state index contributed by atoms with van der Waals surface area (Å²) in [4.78, 5) is 2.44. The van der Waals surface area contributed by atoms with E-state index in [9.17, 15) is 0 Å². The Kier molecular flexibility index (Phi) is 9.65. The second kappa shape index (κ2) is 12.9. The van der Waals surface area contributed by atoms with Crippen LogP contribution in [0.4, 0.5) is 17.1 Å². The van der Waals surface area contributed by atoms with Crippen LogP contribution in [-0.2, 0) is 10.8 Å². The van der Waals surface area contributed by atoms with E-state index < -0.39 is 0 Å². The van der Waals surface area contributed by atoms with Gasteiger partial charge in [-0.1, -0.05) is 96.5 Å². The highest BCUT2D eigenvalue weighted by atomic mass is 16.3. The fourth-order valence-electron chi connectivity index (χ4n) is 6.50. The van der Waals surface area contributed by atoms with Gasteiger partial charge in [-0.25, -0.2) is 0 Å². The van der Waals surface area contributed by atoms with Crippen LogP contribution in [0.5, 0.6) is 0 Å². The van der Waals surface area contributed by atoms with E-state index in [0.717, 1.165) is 54.9 Å². The number of aryl methyl sites for hydroxylation is 1. The first-order valence-electron chi connectivity index (χ1n) is 15.9. The molecule has 0 spiro atoms. The third-order valence-corrected chi connectivity index (χ3v) is 8.84. The lowest BCUT2D eigenvalue weighted by Crippen LogP contribution is -2.52. The summed E-state index contributed by atoms with van der Waals surface area (Å²) in [5.74, 6) is 1.13. The molecule has 3 nitrogen and oxygen atoms in total. The predicted molar refractivity (Wildman–Crippen MR) is 186 cm³/mol. The first-order valence-corrected chi connectivity index (χ1v) is 15.9. The average Bonchev–Trinajstić information content (AvgIpc) is 3.37. The lowest BCUT2D eigenvalue weighted by molar-refractivity contribution is 0.282. The van der Waals surface area contributed by atoms with Crippen LogP contribution in [0, 0.1) is 6.92 Å². The van der Waals surface area contributed by atoms with Gasteiger partial charge in [-0.2, -0.15) is 0 Å². The maximum atomic E-state index is 7.24. The predicted octanol–water partition coefficient (Wildman–Crippen LogP) is 9.82. The molecule has 1 aromatic carbocycles. The molecule has 222 valence electrons. The molecule has 1 N–H and O–H groups in total. The molecule has 1 aliphatic heterocycles. The number of nitrogens with zero attached hydrogens (tertiary/aromatic N) is 1. The van der Waals surface area contributed by atoms with Crippen molar-refractivity contribution in [2.75, 3.05) is 10.2 Å². The monoisotopic (exact) mass is 562 g/mol. The Balaban J connectivity index is 2.20. The van der Waals surface area contributed by atoms with Gasteiger partial charge in [0.05, 0.1) is 11.3 Å². The van der Waals surface area contributed by atoms with Crippen molar-refractivity contribution in [2.45, 2.75) is 105 Å². The molecule has 2 aromatic rings. The Morgan fingerprint density at radius 3 is 2.48 bits per heavy atom. The average molecular weight is 563 g/mol. The van der Waals surface area contributed by atoms with E-state index in [-0.39, 0.29) is 17.5 Å². The van der Waals surface area contributed by atoms with Gasteiger partial charge in [0.25, 0.3) is 6.71 Å². The van der Waals surface area contributed by atoms with E-state index in [1.165, 1.54) is 33.4 Å². The molecule has 0 saturated carbocycles. The molecule has 4 heteroatoms. The molecular weight excluding hydrogens is 511 g/mol. The Morgan fingerprint density at radius 2 is 1.83 bits per heavy atom. The number of allylic oxidation sites excluding steroid dienone is 9. The van der Waals surface area contributed by atoms with E-state index >= 15 is 0 Å². The number of furan rings is 1. The van der Waals surface area contributed by atoms with Crippen molar-refractivity contribution in [3.05, 3.63) is 102 Å². The smallest absolute Gasteiger partial charge is 0.294 e. The summed E-state index contributed by atoms with van der Waals surface area (Å²) in [6.07, 6.45) is 24.9. The fraction of sp³-hybridized carbons (Fsp3) is 0.421. The minimum absolute atomic E-state index is 0.0300. The summed E-state index contributed by atoms with van der Waals surface area (Å²) in [5, 5.41) is 3.63. The minimum atomic E-state index is -0.0547. The van der Waals surface area contributed by atoms with Gasteiger partial charge in [0.1, 0.15) is 5.76 Å². The molecule has 4 rings (SSSR count). The first kappa shape index (κ1) is 31.5. The van der Waals surface area contributed by atoms with E-state index in [0.29, 0.717) is 0 Å². The van der Waals surface area contributed by atoms with E-state index in [2.05, 4.69) is 127 Å². The Bertz CT molecular complexity index is 1460. The number of hydrogen-bond donors (Lipinski definition) is 1. The number of fused-ring (bicyclic) bond motifs is 4. The maximum Gasteiger partial charge on any atom is 0.294 e. The zero-order valence-corrected chi connectivity index (χ0v) is 27.5. The number of rotatable bonds is 10. The highest BCUT2D eigenvalue weighted by Crippen LogP contribution is 2.53. The zero-order valence-electron chi connectivity index (χ0n) is 27.5. The molecule has 0 fully saturated rings. The molecule has 2 heterocycles. The van der Waals surface area contributed by atoms with Crippen molar-refractivity contribution >= 4 is 34.9 Å². The summed E-state index contributed by atoms with van der Waals surface area (Å²) in [5.41, 5.74) is 10.5. The maximum absolute atomic E-state index is 7.24. The summed E-state index contributed by atoms with van der Waals surface area (Å²) in [6, 6.07) is 4.61. The third kappa shape index (κ3) is 5.78. The summed E-state index contributed by atoms with van der Waals surface area (Å²) < 4.78 is 7.24. The van der Waals surface area contributed by atoms with Crippen molar-refractivity contribution in [3.63, 3.8) is 0 Å². The van der Waals surface area contributed by atoms with E-state index in [1.807, 2.05) is 19.2 Å². The quantitative estimate of drug-likeness (QED) is 0.231. The summed E-state index contributed by atoms with van der Waals surface area (Å²) >= 11 is 0. The molecule has 1 aliphatic carbocycles. The van der Waals surface area contributed by atoms with Gasteiger partial charge in [0, 0.05) is 28.1 Å². The largest absolute Gasteiger partial charge is 0.472 e. The van der Waals surface area contributed by atoms with Crippen molar-refractivity contribution in [3.8, 4) is 0 Å². The van der Waals surface area contributed by atoms with Crippen molar-refractivity contribution in [2.24, 2.45) is 0 Å². The lowest BCUT2D eigenvalue weighted by atomic mass is 9.36. The highest BCUT2D eigenvalue weighted by molar-refractivity contribution is 6.94. The van der Waals surface area contributed by atoms with Crippen LogP contribution in [0.15, 0.2) is 89.1 Å². The molecule has 0 unspecified atom stereocenters. The number of hydrogen-bond acceptors (Lipinski definition) is 3. The van der Waals surface area contributed by atoms with Crippen LogP contribution in [0.25, 0.3) is 0 Å². The van der Waals surface area contributed by atoms with Crippen molar-refractivity contribution in [1.29, 1.82) is 0 Å². The van der Waals surface area contributed by atoms with Crippen LogP contribution in [-0.4, -0.2) is 6.71 Å². The van der Waals surface area contributed by atoms with Gasteiger partial charge < -0.3 is 14.6 Å². The van der Waals surface area contributed by atoms with Gasteiger partial charge in [0.15, 0.2) is 0 Å². The Labute approximate surface area is 255 Å². The van der Waals surface area contributed by atoms with Crippen LogP contribution < -0.4 is 21.3 Å². The molecule has 1 aromatic heterocycles. The normalized spacial score (nSPS) is 18.1. The second-order valence-electron chi connectivity index (χ2n) is 13.1. The van der Waals surface area contributed by atoms with Gasteiger partial charge >= 0.3 is 0 Å². The minimum Gasteiger partial charge on any atom is -0.472 e. The molecule has 0 amide bonds. The molecule has 0 saturated heterocycles. The lowest BCUT2D eigenvalue weighted by Gasteiger charge is -2.41. The van der Waals surface area contributed by atoms with Crippen LogP contribution >= 0.6 is 0 Å². The fourth-order valence-corrected chi connectivity index (χ4v) is 6.50. The molecule has 0 atom stereocenters. The highest BCUT2D eigenvalue weighted by Gasteiger charge is 2.50. The Morgan fingerprint density at radius 1 is 1.10 bits per heavy atom. The van der Waals surface area contributed by atoms with Gasteiger partial charge in [-0.3, -0.25) is 0 Å². The van der Waals surface area contributed by atoms with Crippen LogP contribution in [0.1, 0.15) is 104 Å². The molecule has 42 heavy (non-hydrogen) atoms. The topological polar surface area (TPSA) is 28.4 Å². The van der Waals surface area contributed by atoms with Crippen molar-refractivity contribution in [1.82, 2.24) is 0 Å². The zero-order chi connectivity index (χ0) is 30.7. The van der Waals surface area contributed by atoms with Crippen molar-refractivity contribution < 1.29 is 4.42 Å². The third-order valence-electron chi connectivity index (χ3n) is 8.84. The molecule has 0 radical (unpaired) electrons. The SMILES string of the molecule is C=C/C(=C\C=C\CC)N1c2cc(C)cc(N/C=C/C)c2B(C(/C=C\CCC)=C/C)c2oc3c(c21)C(C)(C)CCC3(C)C. The summed E-state index contributed by atoms with van der Waals surface area (Å²) in [6.45, 7) is 24.5. The standard InChI is InChI=1S/C38H51BN2O/c1-11-16-18-20-28(14-4)39-33-30(40-24-13-3)25-27(6)26-31(33)41(29(15-5)21-19-17-12-2)34-32-35(42-36(34)39)38(9,10)23-22-37(32,7)8/h13-15,17-21,24-26,40H,5,11-12,16,22-23H2,1-4,6-10H3/b19-17+,20-18-,24-13+,28-14+,29-21+. The van der Waals surface area contributed by atoms with Gasteiger partial charge in [0.2, 0.25) is 0 Å². The van der Waals surface area contributed by atoms with E-state index in [4.69, 9.17) is 4.42 Å². The summed E-state index contributed by atoms with van der Waals surface area (Å²) in [7, 11) is 0. The first-order chi connectivity index (χ1) is 20.1. The number of anilines is 3. The second-order valence-corrected chi connectivity index (χ2v) is 13.1. The van der Waals surface area contributed by atoms with Crippen LogP contribution in [0.2, 0.25) is 0 Å². The number of nitrogens with one attached hydrogen (secondary N) is 1.